The molecular weight excluding hydrogens is 386 g/mol. The second-order valence-corrected chi connectivity index (χ2v) is 7.89. The molecule has 0 aromatic carbocycles. The van der Waals surface area contributed by atoms with Gasteiger partial charge in [0, 0.05) is 42.0 Å². The first-order chi connectivity index (χ1) is 14.5. The first kappa shape index (κ1) is 18.3. The summed E-state index contributed by atoms with van der Waals surface area (Å²) in [6.07, 6.45) is 8.45. The molecule has 5 rings (SSSR count). The van der Waals surface area contributed by atoms with Crippen molar-refractivity contribution in [1.82, 2.24) is 15.0 Å². The van der Waals surface area contributed by atoms with Gasteiger partial charge in [0.1, 0.15) is 17.7 Å². The zero-order chi connectivity index (χ0) is 20.8. The van der Waals surface area contributed by atoms with Crippen LogP contribution in [0.1, 0.15) is 36.0 Å². The molecule has 0 spiro atoms. The van der Waals surface area contributed by atoms with E-state index in [9.17, 15) is 14.9 Å². The first-order valence-corrected chi connectivity index (χ1v) is 9.92. The number of aromatic nitrogens is 3. The van der Waals surface area contributed by atoms with Crippen LogP contribution >= 0.6 is 0 Å². The number of nitrogens with two attached hydrogens (primary N) is 1. The maximum absolute atomic E-state index is 12.0. The molecule has 2 bridgehead atoms. The zero-order valence-corrected chi connectivity index (χ0v) is 16.1. The Morgan fingerprint density at radius 2 is 1.97 bits per heavy atom. The standard InChI is InChI=1S/C20H21N7O3/c21-19(28)16-10-24-20-15(5-6-22-20)18(16)25-11-7-12-1-2-13(8-11)26(12)17-4-3-14(9-23-17)27(29)30/h3-6,9-13H,1-2,7-8H2,(H2,21,28)(H2,22,24,25)/t11?,12-,13+. The summed E-state index contributed by atoms with van der Waals surface area (Å²) in [6.45, 7) is 0. The number of nitrogens with one attached hydrogen (secondary N) is 2. The van der Waals surface area contributed by atoms with Crippen LogP contribution < -0.4 is 16.0 Å². The number of piperidine rings is 1. The normalized spacial score (nSPS) is 22.9. The summed E-state index contributed by atoms with van der Waals surface area (Å²) < 4.78 is 0. The van der Waals surface area contributed by atoms with Crippen LogP contribution in [0.3, 0.4) is 0 Å². The van der Waals surface area contributed by atoms with Gasteiger partial charge in [-0.05, 0) is 37.8 Å². The van der Waals surface area contributed by atoms with E-state index in [1.54, 1.807) is 12.3 Å². The number of carbonyl (C=O) groups is 1. The van der Waals surface area contributed by atoms with Gasteiger partial charge in [0.2, 0.25) is 0 Å². The summed E-state index contributed by atoms with van der Waals surface area (Å²) in [6, 6.07) is 5.88. The van der Waals surface area contributed by atoms with E-state index >= 15 is 0 Å². The number of pyridine rings is 2. The van der Waals surface area contributed by atoms with Gasteiger partial charge in [0.25, 0.3) is 11.6 Å². The molecule has 2 saturated heterocycles. The van der Waals surface area contributed by atoms with Crippen molar-refractivity contribution in [3.05, 3.63) is 52.5 Å². The van der Waals surface area contributed by atoms with Crippen LogP contribution in [0.4, 0.5) is 17.2 Å². The highest BCUT2D eigenvalue weighted by molar-refractivity contribution is 6.06. The molecule has 5 heterocycles. The summed E-state index contributed by atoms with van der Waals surface area (Å²) in [5.74, 6) is 0.268. The van der Waals surface area contributed by atoms with Crippen LogP contribution in [0.5, 0.6) is 0 Å². The van der Waals surface area contributed by atoms with Crippen molar-refractivity contribution in [2.45, 2.75) is 43.8 Å². The van der Waals surface area contributed by atoms with Crippen molar-refractivity contribution < 1.29 is 9.72 Å². The maximum atomic E-state index is 12.0. The number of nitrogens with zero attached hydrogens (tertiary/aromatic N) is 4. The van der Waals surface area contributed by atoms with Gasteiger partial charge in [0.05, 0.1) is 16.2 Å². The quantitative estimate of drug-likeness (QED) is 0.435. The van der Waals surface area contributed by atoms with Crippen molar-refractivity contribution in [1.29, 1.82) is 0 Å². The highest BCUT2D eigenvalue weighted by atomic mass is 16.6. The number of carbonyl (C=O) groups excluding carboxylic acids is 1. The number of hydrogen-bond donors (Lipinski definition) is 3. The Balaban J connectivity index is 1.39. The topological polar surface area (TPSA) is 143 Å². The zero-order valence-electron chi connectivity index (χ0n) is 16.1. The summed E-state index contributed by atoms with van der Waals surface area (Å²) in [7, 11) is 0. The average molecular weight is 407 g/mol. The Hall–Kier alpha value is -3.69. The molecule has 10 heteroatoms. The van der Waals surface area contributed by atoms with Crippen molar-refractivity contribution in [3.63, 3.8) is 0 Å². The summed E-state index contributed by atoms with van der Waals surface area (Å²) in [5, 5.41) is 15.3. The van der Waals surface area contributed by atoms with Crippen LogP contribution in [-0.4, -0.2) is 43.9 Å². The second kappa shape index (κ2) is 6.97. The highest BCUT2D eigenvalue weighted by Gasteiger charge is 2.41. The molecule has 2 aliphatic heterocycles. The molecule has 3 aromatic heterocycles. The molecular formula is C20H21N7O3. The maximum Gasteiger partial charge on any atom is 0.287 e. The SMILES string of the molecule is NC(=O)c1cnc2[nH]ccc2c1NC1C[C@H]2CC[C@@H](C1)N2c1ccc([N+](=O)[O-])cn1. The van der Waals surface area contributed by atoms with Gasteiger partial charge >= 0.3 is 0 Å². The van der Waals surface area contributed by atoms with Gasteiger partial charge in [-0.3, -0.25) is 14.9 Å². The van der Waals surface area contributed by atoms with Crippen molar-refractivity contribution in [2.24, 2.45) is 5.73 Å². The fourth-order valence-corrected chi connectivity index (χ4v) is 4.86. The van der Waals surface area contributed by atoms with E-state index in [1.807, 2.05) is 6.07 Å². The fourth-order valence-electron chi connectivity index (χ4n) is 4.86. The van der Waals surface area contributed by atoms with E-state index in [0.717, 1.165) is 42.6 Å². The lowest BCUT2D eigenvalue weighted by Crippen LogP contribution is -2.47. The largest absolute Gasteiger partial charge is 0.381 e. The summed E-state index contributed by atoms with van der Waals surface area (Å²) >= 11 is 0. The Morgan fingerprint density at radius 1 is 1.20 bits per heavy atom. The number of amides is 1. The van der Waals surface area contributed by atoms with Crippen molar-refractivity contribution in [3.8, 4) is 0 Å². The Bertz CT molecular complexity index is 1110. The summed E-state index contributed by atoms with van der Waals surface area (Å²) in [5.41, 5.74) is 7.39. The lowest BCUT2D eigenvalue weighted by atomic mass is 9.96. The highest BCUT2D eigenvalue weighted by Crippen LogP contribution is 2.40. The molecule has 10 nitrogen and oxygen atoms in total. The van der Waals surface area contributed by atoms with E-state index in [0.29, 0.717) is 11.2 Å². The number of hydrogen-bond acceptors (Lipinski definition) is 7. The monoisotopic (exact) mass is 407 g/mol. The van der Waals surface area contributed by atoms with E-state index < -0.39 is 10.8 Å². The van der Waals surface area contributed by atoms with Crippen molar-refractivity contribution >= 4 is 34.1 Å². The van der Waals surface area contributed by atoms with Crippen LogP contribution in [0.2, 0.25) is 0 Å². The molecule has 154 valence electrons. The lowest BCUT2D eigenvalue weighted by Gasteiger charge is -2.40. The van der Waals surface area contributed by atoms with E-state index in [4.69, 9.17) is 5.73 Å². The van der Waals surface area contributed by atoms with Crippen LogP contribution in [0, 0.1) is 10.1 Å². The molecule has 0 saturated carbocycles. The van der Waals surface area contributed by atoms with Gasteiger partial charge in [0.15, 0.2) is 0 Å². The number of aromatic amines is 1. The van der Waals surface area contributed by atoms with Crippen LogP contribution in [0.15, 0.2) is 36.8 Å². The number of primary amides is 1. The number of rotatable bonds is 5. The molecule has 0 aliphatic carbocycles. The van der Waals surface area contributed by atoms with Crippen LogP contribution in [-0.2, 0) is 0 Å². The number of anilines is 2. The third kappa shape index (κ3) is 3.00. The van der Waals surface area contributed by atoms with Gasteiger partial charge in [-0.15, -0.1) is 0 Å². The Kier molecular flexibility index (Phi) is 4.27. The van der Waals surface area contributed by atoms with Gasteiger partial charge in [-0.1, -0.05) is 0 Å². The molecule has 30 heavy (non-hydrogen) atoms. The molecule has 3 atom stereocenters. The fraction of sp³-hybridized carbons (Fsp3) is 0.350. The van der Waals surface area contributed by atoms with Gasteiger partial charge < -0.3 is 20.9 Å². The Morgan fingerprint density at radius 3 is 2.60 bits per heavy atom. The molecule has 1 amide bonds. The van der Waals surface area contributed by atoms with E-state index in [-0.39, 0.29) is 23.8 Å². The molecule has 0 radical (unpaired) electrons. The third-order valence-electron chi connectivity index (χ3n) is 6.14. The Labute approximate surface area is 171 Å². The number of fused-ring (bicyclic) bond motifs is 3. The van der Waals surface area contributed by atoms with Crippen LogP contribution in [0.25, 0.3) is 11.0 Å². The average Bonchev–Trinajstić information content (AvgIpc) is 3.31. The van der Waals surface area contributed by atoms with Gasteiger partial charge in [-0.25, -0.2) is 9.97 Å². The first-order valence-electron chi connectivity index (χ1n) is 9.92. The molecule has 2 aliphatic rings. The predicted octanol–water partition coefficient (Wildman–Crippen LogP) is 2.58. The lowest BCUT2D eigenvalue weighted by molar-refractivity contribution is -0.385. The van der Waals surface area contributed by atoms with Crippen molar-refractivity contribution in [2.75, 3.05) is 10.2 Å². The predicted molar refractivity (Wildman–Crippen MR) is 111 cm³/mol. The summed E-state index contributed by atoms with van der Waals surface area (Å²) in [4.78, 5) is 36.4. The minimum atomic E-state index is -0.511. The third-order valence-corrected chi connectivity index (χ3v) is 6.14. The molecule has 2 fully saturated rings. The van der Waals surface area contributed by atoms with Gasteiger partial charge in [-0.2, -0.15) is 0 Å². The smallest absolute Gasteiger partial charge is 0.287 e. The number of nitro groups is 1. The molecule has 1 unspecified atom stereocenters. The molecule has 4 N–H and O–H groups in total. The minimum absolute atomic E-state index is 0.00478. The minimum Gasteiger partial charge on any atom is -0.381 e. The van der Waals surface area contributed by atoms with E-state index in [2.05, 4.69) is 25.2 Å². The second-order valence-electron chi connectivity index (χ2n) is 7.89. The number of H-pyrrole nitrogens is 1. The molecule has 3 aromatic rings. The van der Waals surface area contributed by atoms with E-state index in [1.165, 1.54) is 18.5 Å².